The molecular weight excluding hydrogens is 408 g/mol. The van der Waals surface area contributed by atoms with Crippen molar-refractivity contribution in [1.82, 2.24) is 9.88 Å². The highest BCUT2D eigenvalue weighted by molar-refractivity contribution is 6.46. The number of hydrogen-bond donors (Lipinski definition) is 1. The summed E-state index contributed by atoms with van der Waals surface area (Å²) in [6.45, 7) is 0.198. The highest BCUT2D eigenvalue weighted by Gasteiger charge is 2.46. The molecule has 7 nitrogen and oxygen atoms in total. The molecule has 0 saturated carbocycles. The Bertz CT molecular complexity index is 1160. The van der Waals surface area contributed by atoms with Gasteiger partial charge in [0.1, 0.15) is 17.3 Å². The van der Waals surface area contributed by atoms with Crippen LogP contribution in [0.25, 0.3) is 5.76 Å². The standard InChI is InChI=1S/C25H22N2O5/c1-31-19-7-3-17(4-8-19)22-21(23(28)18-5-9-20(32-2)10-6-18)24(29)25(30)27(22)15-16-11-13-26-14-12-16/h3-14,22,28H,15H2,1-2H3/b23-21-. The van der Waals surface area contributed by atoms with E-state index in [4.69, 9.17) is 9.47 Å². The smallest absolute Gasteiger partial charge is 0.295 e. The van der Waals surface area contributed by atoms with Crippen LogP contribution in [0.4, 0.5) is 0 Å². The molecule has 0 radical (unpaired) electrons. The molecule has 2 heterocycles. The molecule has 1 aliphatic rings. The predicted octanol–water partition coefficient (Wildman–Crippen LogP) is 3.72. The molecule has 1 saturated heterocycles. The van der Waals surface area contributed by atoms with Crippen molar-refractivity contribution >= 4 is 17.4 Å². The Kier molecular flexibility index (Phi) is 5.89. The Balaban J connectivity index is 1.83. The minimum Gasteiger partial charge on any atom is -0.507 e. The van der Waals surface area contributed by atoms with Crippen LogP contribution in [0.1, 0.15) is 22.7 Å². The second-order valence-electron chi connectivity index (χ2n) is 7.28. The van der Waals surface area contributed by atoms with Crippen LogP contribution in [0.5, 0.6) is 11.5 Å². The third-order valence-corrected chi connectivity index (χ3v) is 5.44. The number of ether oxygens (including phenoxy) is 2. The molecule has 7 heteroatoms. The number of hydrogen-bond acceptors (Lipinski definition) is 6. The van der Waals surface area contributed by atoms with Crippen molar-refractivity contribution in [1.29, 1.82) is 0 Å². The summed E-state index contributed by atoms with van der Waals surface area (Å²) in [7, 11) is 3.11. The Morgan fingerprint density at radius 2 is 1.47 bits per heavy atom. The number of benzene rings is 2. The maximum atomic E-state index is 13.1. The van der Waals surface area contributed by atoms with Gasteiger partial charge in [-0.15, -0.1) is 0 Å². The van der Waals surface area contributed by atoms with Gasteiger partial charge in [-0.3, -0.25) is 14.6 Å². The Hall–Kier alpha value is -4.13. The molecule has 1 unspecified atom stereocenters. The fraction of sp³-hybridized carbons (Fsp3) is 0.160. The Morgan fingerprint density at radius 1 is 0.906 bits per heavy atom. The molecule has 162 valence electrons. The van der Waals surface area contributed by atoms with Crippen LogP contribution < -0.4 is 9.47 Å². The first-order valence-electron chi connectivity index (χ1n) is 9.99. The Labute approximate surface area is 185 Å². The number of aliphatic hydroxyl groups excluding tert-OH is 1. The van der Waals surface area contributed by atoms with E-state index in [9.17, 15) is 14.7 Å². The van der Waals surface area contributed by atoms with Gasteiger partial charge in [0, 0.05) is 24.5 Å². The van der Waals surface area contributed by atoms with Gasteiger partial charge in [0.05, 0.1) is 25.8 Å². The van der Waals surface area contributed by atoms with E-state index in [1.165, 1.54) is 4.90 Å². The summed E-state index contributed by atoms with van der Waals surface area (Å²) < 4.78 is 10.4. The van der Waals surface area contributed by atoms with Crippen LogP contribution in [0.15, 0.2) is 78.6 Å². The quantitative estimate of drug-likeness (QED) is 0.364. The minimum absolute atomic E-state index is 0.0411. The average molecular weight is 430 g/mol. The number of amides is 1. The molecule has 3 aromatic rings. The molecule has 1 aromatic heterocycles. The monoisotopic (exact) mass is 430 g/mol. The zero-order valence-corrected chi connectivity index (χ0v) is 17.7. The van der Waals surface area contributed by atoms with E-state index in [2.05, 4.69) is 4.98 Å². The van der Waals surface area contributed by atoms with Crippen LogP contribution in [-0.2, 0) is 16.1 Å². The number of Topliss-reactive ketones (excluding diaryl/α,β-unsaturated/α-hetero) is 1. The molecule has 1 N–H and O–H groups in total. The SMILES string of the molecule is COc1ccc(/C(O)=C2/C(=O)C(=O)N(Cc3ccncc3)C2c2ccc(OC)cc2)cc1. The molecule has 0 bridgehead atoms. The van der Waals surface area contributed by atoms with Crippen molar-refractivity contribution < 1.29 is 24.2 Å². The number of nitrogens with zero attached hydrogens (tertiary/aromatic N) is 2. The zero-order valence-electron chi connectivity index (χ0n) is 17.7. The number of carbonyl (C=O) groups excluding carboxylic acids is 2. The number of pyridine rings is 1. The normalized spacial score (nSPS) is 17.4. The second kappa shape index (κ2) is 8.93. The van der Waals surface area contributed by atoms with E-state index in [0.29, 0.717) is 22.6 Å². The van der Waals surface area contributed by atoms with Crippen molar-refractivity contribution in [3.8, 4) is 11.5 Å². The van der Waals surface area contributed by atoms with Crippen LogP contribution in [-0.4, -0.2) is 40.9 Å². The van der Waals surface area contributed by atoms with Gasteiger partial charge in [0.15, 0.2) is 0 Å². The lowest BCUT2D eigenvalue weighted by atomic mass is 9.95. The molecule has 1 amide bonds. The number of carbonyl (C=O) groups is 2. The summed E-state index contributed by atoms with van der Waals surface area (Å²) in [6.07, 6.45) is 3.26. The molecule has 2 aromatic carbocycles. The van der Waals surface area contributed by atoms with Crippen LogP contribution in [0, 0.1) is 0 Å². The van der Waals surface area contributed by atoms with E-state index < -0.39 is 17.7 Å². The van der Waals surface area contributed by atoms with E-state index in [1.807, 2.05) is 0 Å². The van der Waals surface area contributed by atoms with Crippen molar-refractivity contribution in [2.75, 3.05) is 14.2 Å². The first-order chi connectivity index (χ1) is 15.5. The average Bonchev–Trinajstić information content (AvgIpc) is 3.09. The third-order valence-electron chi connectivity index (χ3n) is 5.44. The molecular formula is C25H22N2O5. The van der Waals surface area contributed by atoms with Gasteiger partial charge in [0.25, 0.3) is 11.7 Å². The molecule has 4 rings (SSSR count). The molecule has 1 fully saturated rings. The minimum atomic E-state index is -0.754. The molecule has 32 heavy (non-hydrogen) atoms. The van der Waals surface area contributed by atoms with Crippen LogP contribution in [0.3, 0.4) is 0 Å². The number of aliphatic hydroxyl groups is 1. The van der Waals surface area contributed by atoms with Gasteiger partial charge in [0.2, 0.25) is 0 Å². The van der Waals surface area contributed by atoms with Gasteiger partial charge < -0.3 is 19.5 Å². The zero-order chi connectivity index (χ0) is 22.7. The fourth-order valence-corrected chi connectivity index (χ4v) is 3.77. The van der Waals surface area contributed by atoms with Crippen LogP contribution in [0.2, 0.25) is 0 Å². The molecule has 0 spiro atoms. The molecule has 0 aliphatic carbocycles. The maximum Gasteiger partial charge on any atom is 0.295 e. The highest BCUT2D eigenvalue weighted by atomic mass is 16.5. The van der Waals surface area contributed by atoms with E-state index in [1.54, 1.807) is 87.3 Å². The number of methoxy groups -OCH3 is 2. The summed E-state index contributed by atoms with van der Waals surface area (Å²) in [5.74, 6) is -0.365. The molecule has 1 aliphatic heterocycles. The maximum absolute atomic E-state index is 13.1. The summed E-state index contributed by atoms with van der Waals surface area (Å²) >= 11 is 0. The van der Waals surface area contributed by atoms with Crippen LogP contribution >= 0.6 is 0 Å². The second-order valence-corrected chi connectivity index (χ2v) is 7.28. The van der Waals surface area contributed by atoms with Crippen molar-refractivity contribution in [3.05, 3.63) is 95.3 Å². The summed E-state index contributed by atoms with van der Waals surface area (Å²) in [5.41, 5.74) is 1.98. The summed E-state index contributed by atoms with van der Waals surface area (Å²) in [6, 6.07) is 16.6. The van der Waals surface area contributed by atoms with E-state index in [-0.39, 0.29) is 17.9 Å². The topological polar surface area (TPSA) is 89.0 Å². The summed E-state index contributed by atoms with van der Waals surface area (Å²) in [4.78, 5) is 31.6. The molecule has 1 atom stereocenters. The highest BCUT2D eigenvalue weighted by Crippen LogP contribution is 2.40. The number of rotatable bonds is 6. The fourth-order valence-electron chi connectivity index (χ4n) is 3.77. The lowest BCUT2D eigenvalue weighted by Gasteiger charge is -2.25. The summed E-state index contributed by atoms with van der Waals surface area (Å²) in [5, 5.41) is 11.1. The van der Waals surface area contributed by atoms with Gasteiger partial charge in [-0.1, -0.05) is 12.1 Å². The van der Waals surface area contributed by atoms with Crippen molar-refractivity contribution in [3.63, 3.8) is 0 Å². The van der Waals surface area contributed by atoms with E-state index >= 15 is 0 Å². The Morgan fingerprint density at radius 3 is 2.03 bits per heavy atom. The van der Waals surface area contributed by atoms with Gasteiger partial charge in [-0.05, 0) is 59.7 Å². The van der Waals surface area contributed by atoms with Crippen molar-refractivity contribution in [2.45, 2.75) is 12.6 Å². The first-order valence-corrected chi connectivity index (χ1v) is 9.99. The van der Waals surface area contributed by atoms with Gasteiger partial charge in [-0.2, -0.15) is 0 Å². The number of ketones is 1. The lowest BCUT2D eigenvalue weighted by Crippen LogP contribution is -2.29. The number of likely N-dealkylation sites (tertiary alicyclic amines) is 1. The first kappa shape index (κ1) is 21.1. The van der Waals surface area contributed by atoms with E-state index in [0.717, 1.165) is 5.56 Å². The lowest BCUT2D eigenvalue weighted by molar-refractivity contribution is -0.140. The third kappa shape index (κ3) is 3.92. The predicted molar refractivity (Wildman–Crippen MR) is 118 cm³/mol. The number of aromatic nitrogens is 1. The van der Waals surface area contributed by atoms with Crippen molar-refractivity contribution in [2.24, 2.45) is 0 Å². The van der Waals surface area contributed by atoms with Gasteiger partial charge >= 0.3 is 0 Å². The van der Waals surface area contributed by atoms with Gasteiger partial charge in [-0.25, -0.2) is 0 Å². The largest absolute Gasteiger partial charge is 0.507 e.